The van der Waals surface area contributed by atoms with Crippen LogP contribution in [0, 0.1) is 0 Å². The fourth-order valence-corrected chi connectivity index (χ4v) is 2.17. The van der Waals surface area contributed by atoms with Crippen LogP contribution < -0.4 is 11.1 Å². The number of fused-ring (bicyclic) bond motifs is 1. The van der Waals surface area contributed by atoms with Crippen molar-refractivity contribution in [3.05, 3.63) is 54.4 Å². The zero-order valence-corrected chi connectivity index (χ0v) is 10.8. The number of hydrogen-bond donors (Lipinski definition) is 2. The fraction of sp³-hybridized carbons (Fsp3) is 0.133. The van der Waals surface area contributed by atoms with Crippen molar-refractivity contribution in [1.82, 2.24) is 9.78 Å². The van der Waals surface area contributed by atoms with Crippen molar-refractivity contribution < 1.29 is 0 Å². The monoisotopic (exact) mass is 252 g/mol. The lowest BCUT2D eigenvalue weighted by atomic mass is 10.1. The molecule has 19 heavy (non-hydrogen) atoms. The third-order valence-corrected chi connectivity index (χ3v) is 3.20. The van der Waals surface area contributed by atoms with Crippen molar-refractivity contribution in [2.75, 3.05) is 11.1 Å². The molecule has 3 aromatic rings. The molecule has 0 bridgehead atoms. The molecular weight excluding hydrogens is 236 g/mol. The Hall–Kier alpha value is -2.49. The summed E-state index contributed by atoms with van der Waals surface area (Å²) < 4.78 is 1.77. The molecule has 4 heteroatoms. The van der Waals surface area contributed by atoms with Gasteiger partial charge in [-0.25, -0.2) is 0 Å². The van der Waals surface area contributed by atoms with Gasteiger partial charge in [0.1, 0.15) is 0 Å². The van der Waals surface area contributed by atoms with Gasteiger partial charge >= 0.3 is 0 Å². The normalized spacial score (nSPS) is 10.8. The summed E-state index contributed by atoms with van der Waals surface area (Å²) in [5, 5.41) is 9.83. The maximum absolute atomic E-state index is 6.10. The lowest BCUT2D eigenvalue weighted by molar-refractivity contribution is 0.768. The van der Waals surface area contributed by atoms with Crippen molar-refractivity contribution in [3.8, 4) is 0 Å². The van der Waals surface area contributed by atoms with Crippen molar-refractivity contribution >= 4 is 22.1 Å². The zero-order valence-electron chi connectivity index (χ0n) is 10.8. The highest BCUT2D eigenvalue weighted by Gasteiger charge is 2.03. The summed E-state index contributed by atoms with van der Waals surface area (Å²) in [5.41, 5.74) is 9.01. The van der Waals surface area contributed by atoms with Gasteiger partial charge in [-0.2, -0.15) is 5.10 Å². The first-order valence-electron chi connectivity index (χ1n) is 6.22. The molecule has 0 radical (unpaired) electrons. The minimum Gasteiger partial charge on any atom is -0.398 e. The summed E-state index contributed by atoms with van der Waals surface area (Å²) in [5.74, 6) is 0. The summed E-state index contributed by atoms with van der Waals surface area (Å²) in [4.78, 5) is 0. The molecule has 0 amide bonds. The van der Waals surface area contributed by atoms with E-state index >= 15 is 0 Å². The Labute approximate surface area is 111 Å². The number of nitrogens with two attached hydrogens (primary N) is 1. The van der Waals surface area contributed by atoms with Gasteiger partial charge in [0.05, 0.1) is 11.9 Å². The zero-order chi connectivity index (χ0) is 13.2. The van der Waals surface area contributed by atoms with Crippen LogP contribution in [0.5, 0.6) is 0 Å². The van der Waals surface area contributed by atoms with Crippen molar-refractivity contribution in [2.45, 2.75) is 6.54 Å². The van der Waals surface area contributed by atoms with Gasteiger partial charge in [-0.3, -0.25) is 4.68 Å². The smallest absolute Gasteiger partial charge is 0.0729 e. The Bertz CT molecular complexity index is 715. The minimum absolute atomic E-state index is 0.697. The Kier molecular flexibility index (Phi) is 2.83. The summed E-state index contributed by atoms with van der Waals surface area (Å²) in [6.45, 7) is 0.697. The van der Waals surface area contributed by atoms with Crippen LogP contribution in [0.2, 0.25) is 0 Å². The van der Waals surface area contributed by atoms with Crippen LogP contribution in [0.1, 0.15) is 5.56 Å². The van der Waals surface area contributed by atoms with Crippen LogP contribution in [0.3, 0.4) is 0 Å². The molecule has 96 valence electrons. The van der Waals surface area contributed by atoms with Crippen LogP contribution in [-0.4, -0.2) is 9.78 Å². The van der Waals surface area contributed by atoms with Crippen molar-refractivity contribution in [1.29, 1.82) is 0 Å². The van der Waals surface area contributed by atoms with Gasteiger partial charge < -0.3 is 11.1 Å². The molecular formula is C15H16N4. The Morgan fingerprint density at radius 2 is 1.95 bits per heavy atom. The molecule has 0 spiro atoms. The molecule has 0 unspecified atom stereocenters. The van der Waals surface area contributed by atoms with Gasteiger partial charge in [0.15, 0.2) is 0 Å². The number of benzene rings is 2. The SMILES string of the molecule is Cn1cc(NCc2cc3ccccc3cc2N)cn1. The van der Waals surface area contributed by atoms with Gasteiger partial charge in [0, 0.05) is 25.5 Å². The molecule has 1 aromatic heterocycles. The molecule has 0 saturated carbocycles. The number of hydrogen-bond acceptors (Lipinski definition) is 3. The summed E-state index contributed by atoms with van der Waals surface area (Å²) in [6, 6.07) is 12.4. The van der Waals surface area contributed by atoms with E-state index in [0.29, 0.717) is 6.54 Å². The number of anilines is 2. The van der Waals surface area contributed by atoms with Crippen LogP contribution in [-0.2, 0) is 13.6 Å². The first-order valence-corrected chi connectivity index (χ1v) is 6.22. The van der Waals surface area contributed by atoms with E-state index in [0.717, 1.165) is 16.9 Å². The highest BCUT2D eigenvalue weighted by atomic mass is 15.3. The molecule has 0 saturated heterocycles. The predicted molar refractivity (Wildman–Crippen MR) is 78.9 cm³/mol. The topological polar surface area (TPSA) is 55.9 Å². The first-order chi connectivity index (χ1) is 9.22. The maximum atomic E-state index is 6.10. The number of aryl methyl sites for hydroxylation is 1. The molecule has 0 aliphatic rings. The van der Waals surface area contributed by atoms with Gasteiger partial charge in [-0.15, -0.1) is 0 Å². The molecule has 3 N–H and O–H groups in total. The van der Waals surface area contributed by atoms with E-state index in [2.05, 4.69) is 28.6 Å². The van der Waals surface area contributed by atoms with E-state index in [9.17, 15) is 0 Å². The third kappa shape index (κ3) is 2.38. The molecule has 3 rings (SSSR count). The van der Waals surface area contributed by atoms with Crippen LogP contribution in [0.25, 0.3) is 10.8 Å². The number of rotatable bonds is 3. The van der Waals surface area contributed by atoms with E-state index in [-0.39, 0.29) is 0 Å². The Balaban J connectivity index is 1.86. The second-order valence-corrected chi connectivity index (χ2v) is 4.65. The largest absolute Gasteiger partial charge is 0.398 e. The average Bonchev–Trinajstić information content (AvgIpc) is 2.82. The van der Waals surface area contributed by atoms with Gasteiger partial charge in [0.2, 0.25) is 0 Å². The van der Waals surface area contributed by atoms with Crippen molar-refractivity contribution in [3.63, 3.8) is 0 Å². The van der Waals surface area contributed by atoms with E-state index in [4.69, 9.17) is 5.73 Å². The lowest BCUT2D eigenvalue weighted by Crippen LogP contribution is -2.02. The number of nitrogens with one attached hydrogen (secondary N) is 1. The van der Waals surface area contributed by atoms with Gasteiger partial charge in [0.25, 0.3) is 0 Å². The lowest BCUT2D eigenvalue weighted by Gasteiger charge is -2.09. The summed E-state index contributed by atoms with van der Waals surface area (Å²) in [7, 11) is 1.90. The second kappa shape index (κ2) is 4.65. The minimum atomic E-state index is 0.697. The maximum Gasteiger partial charge on any atom is 0.0729 e. The molecule has 0 aliphatic carbocycles. The third-order valence-electron chi connectivity index (χ3n) is 3.20. The molecule has 1 heterocycles. The standard InChI is InChI=1S/C15H16N4/c1-19-10-14(9-18-19)17-8-13-6-11-4-2-3-5-12(11)7-15(13)16/h2-7,9-10,17H,8,16H2,1H3. The number of nitrogens with zero attached hydrogens (tertiary/aromatic N) is 2. The number of nitrogen functional groups attached to an aromatic ring is 1. The Morgan fingerprint density at radius 3 is 2.63 bits per heavy atom. The van der Waals surface area contributed by atoms with Crippen LogP contribution in [0.15, 0.2) is 48.8 Å². The summed E-state index contributed by atoms with van der Waals surface area (Å²) in [6.07, 6.45) is 3.74. The van der Waals surface area contributed by atoms with Crippen molar-refractivity contribution in [2.24, 2.45) is 7.05 Å². The predicted octanol–water partition coefficient (Wildman–Crippen LogP) is 2.77. The van der Waals surface area contributed by atoms with Gasteiger partial charge in [-0.1, -0.05) is 24.3 Å². The Morgan fingerprint density at radius 1 is 1.21 bits per heavy atom. The van der Waals surface area contributed by atoms with E-state index in [1.807, 2.05) is 31.4 Å². The average molecular weight is 252 g/mol. The van der Waals surface area contributed by atoms with Gasteiger partial charge in [-0.05, 0) is 28.5 Å². The van der Waals surface area contributed by atoms with E-state index in [1.54, 1.807) is 10.9 Å². The molecule has 0 fully saturated rings. The molecule has 0 aliphatic heterocycles. The molecule has 0 atom stereocenters. The first kappa shape index (κ1) is 11.6. The van der Waals surface area contributed by atoms with E-state index < -0.39 is 0 Å². The molecule has 2 aromatic carbocycles. The fourth-order valence-electron chi connectivity index (χ4n) is 2.17. The molecule has 4 nitrogen and oxygen atoms in total. The highest BCUT2D eigenvalue weighted by molar-refractivity contribution is 5.86. The highest BCUT2D eigenvalue weighted by Crippen LogP contribution is 2.22. The quantitative estimate of drug-likeness (QED) is 0.705. The van der Waals surface area contributed by atoms with E-state index in [1.165, 1.54) is 10.8 Å². The van der Waals surface area contributed by atoms with Crippen LogP contribution in [0.4, 0.5) is 11.4 Å². The number of aromatic nitrogens is 2. The second-order valence-electron chi connectivity index (χ2n) is 4.65. The summed E-state index contributed by atoms with van der Waals surface area (Å²) >= 11 is 0. The van der Waals surface area contributed by atoms with Crippen LogP contribution >= 0.6 is 0 Å².